The second kappa shape index (κ2) is 7.00. The highest BCUT2D eigenvalue weighted by atomic mass is 19.1. The van der Waals surface area contributed by atoms with E-state index in [1.807, 2.05) is 4.90 Å². The van der Waals surface area contributed by atoms with E-state index in [9.17, 15) is 9.18 Å². The van der Waals surface area contributed by atoms with Crippen LogP contribution in [0.4, 0.5) is 10.3 Å². The number of carbonyl (C=O) groups excluding carboxylic acids is 1. The Kier molecular flexibility index (Phi) is 4.61. The summed E-state index contributed by atoms with van der Waals surface area (Å²) in [5, 5.41) is 0. The number of hydrogen-bond acceptors (Lipinski definition) is 4. The average molecular weight is 312 g/mol. The first-order valence-corrected chi connectivity index (χ1v) is 7.47. The molecule has 5 nitrogen and oxygen atoms in total. The number of piperazine rings is 1. The molecule has 0 radical (unpaired) electrons. The fourth-order valence-electron chi connectivity index (χ4n) is 2.46. The molecule has 0 spiro atoms. The molecule has 1 fully saturated rings. The fourth-order valence-corrected chi connectivity index (χ4v) is 2.46. The number of amides is 1. The van der Waals surface area contributed by atoms with Crippen molar-refractivity contribution in [3.63, 3.8) is 0 Å². The fraction of sp³-hybridized carbons (Fsp3) is 0.235. The minimum atomic E-state index is -0.331. The Hall–Kier alpha value is -2.76. The van der Waals surface area contributed by atoms with Gasteiger partial charge in [0.05, 0.1) is 0 Å². The van der Waals surface area contributed by atoms with Crippen LogP contribution >= 0.6 is 0 Å². The van der Waals surface area contributed by atoms with Gasteiger partial charge in [0.2, 0.25) is 11.9 Å². The predicted molar refractivity (Wildman–Crippen MR) is 86.3 cm³/mol. The number of rotatable bonds is 3. The Morgan fingerprint density at radius 2 is 1.74 bits per heavy atom. The summed E-state index contributed by atoms with van der Waals surface area (Å²) in [7, 11) is 0. The summed E-state index contributed by atoms with van der Waals surface area (Å²) in [4.78, 5) is 24.4. The van der Waals surface area contributed by atoms with Gasteiger partial charge in [-0.3, -0.25) is 4.79 Å². The SMILES string of the molecule is O=C(/C=C/c1ccccc1F)N1CCN(c2ncccn2)CC1. The van der Waals surface area contributed by atoms with E-state index in [-0.39, 0.29) is 11.7 Å². The number of aromatic nitrogens is 2. The first-order chi connectivity index (χ1) is 11.2. The second-order valence-electron chi connectivity index (χ2n) is 5.22. The van der Waals surface area contributed by atoms with Crippen LogP contribution in [0.15, 0.2) is 48.8 Å². The molecule has 23 heavy (non-hydrogen) atoms. The predicted octanol–water partition coefficient (Wildman–Crippen LogP) is 1.98. The van der Waals surface area contributed by atoms with Gasteiger partial charge in [0.1, 0.15) is 5.82 Å². The Balaban J connectivity index is 1.57. The number of carbonyl (C=O) groups is 1. The van der Waals surface area contributed by atoms with E-state index in [0.29, 0.717) is 37.7 Å². The average Bonchev–Trinajstić information content (AvgIpc) is 2.62. The molecule has 0 bridgehead atoms. The van der Waals surface area contributed by atoms with Crippen molar-refractivity contribution < 1.29 is 9.18 Å². The summed E-state index contributed by atoms with van der Waals surface area (Å²) in [6.45, 7) is 2.56. The van der Waals surface area contributed by atoms with E-state index in [0.717, 1.165) is 0 Å². The lowest BCUT2D eigenvalue weighted by Gasteiger charge is -2.34. The van der Waals surface area contributed by atoms with Crippen LogP contribution in [-0.4, -0.2) is 47.0 Å². The van der Waals surface area contributed by atoms with Crippen LogP contribution in [-0.2, 0) is 4.79 Å². The molecule has 0 aliphatic carbocycles. The Morgan fingerprint density at radius 1 is 1.04 bits per heavy atom. The van der Waals surface area contributed by atoms with Crippen LogP contribution in [0, 0.1) is 5.82 Å². The van der Waals surface area contributed by atoms with Gasteiger partial charge in [0.25, 0.3) is 0 Å². The molecule has 1 aliphatic rings. The zero-order valence-corrected chi connectivity index (χ0v) is 12.6. The van der Waals surface area contributed by atoms with Crippen molar-refractivity contribution in [1.29, 1.82) is 0 Å². The van der Waals surface area contributed by atoms with Gasteiger partial charge in [0, 0.05) is 50.2 Å². The summed E-state index contributed by atoms with van der Waals surface area (Å²) < 4.78 is 13.5. The molecular formula is C17H17FN4O. The maximum Gasteiger partial charge on any atom is 0.246 e. The van der Waals surface area contributed by atoms with Crippen molar-refractivity contribution in [2.45, 2.75) is 0 Å². The standard InChI is InChI=1S/C17H17FN4O/c18-15-5-2-1-4-14(15)6-7-16(23)21-10-12-22(13-11-21)17-19-8-3-9-20-17/h1-9H,10-13H2/b7-6+. The van der Waals surface area contributed by atoms with E-state index in [2.05, 4.69) is 9.97 Å². The third-order valence-electron chi connectivity index (χ3n) is 3.74. The van der Waals surface area contributed by atoms with Crippen LogP contribution in [0.3, 0.4) is 0 Å². The van der Waals surface area contributed by atoms with Crippen molar-refractivity contribution >= 4 is 17.9 Å². The van der Waals surface area contributed by atoms with Gasteiger partial charge >= 0.3 is 0 Å². The van der Waals surface area contributed by atoms with Gasteiger partial charge in [-0.2, -0.15) is 0 Å². The molecule has 0 saturated carbocycles. The van der Waals surface area contributed by atoms with Crippen molar-refractivity contribution in [3.8, 4) is 0 Å². The Labute approximate surface area is 134 Å². The third-order valence-corrected chi connectivity index (χ3v) is 3.74. The number of hydrogen-bond donors (Lipinski definition) is 0. The van der Waals surface area contributed by atoms with Crippen molar-refractivity contribution in [1.82, 2.24) is 14.9 Å². The molecule has 2 heterocycles. The van der Waals surface area contributed by atoms with Crippen LogP contribution in [0.25, 0.3) is 6.08 Å². The first kappa shape index (κ1) is 15.1. The van der Waals surface area contributed by atoms with Gasteiger partial charge in [-0.25, -0.2) is 14.4 Å². The Bertz CT molecular complexity index is 697. The monoisotopic (exact) mass is 312 g/mol. The highest BCUT2D eigenvalue weighted by Gasteiger charge is 2.20. The molecule has 118 valence electrons. The topological polar surface area (TPSA) is 49.3 Å². The molecule has 0 unspecified atom stereocenters. The molecule has 2 aromatic rings. The van der Waals surface area contributed by atoms with Crippen molar-refractivity contribution in [2.24, 2.45) is 0 Å². The second-order valence-corrected chi connectivity index (χ2v) is 5.22. The van der Waals surface area contributed by atoms with Gasteiger partial charge in [0.15, 0.2) is 0 Å². The third kappa shape index (κ3) is 3.71. The number of anilines is 1. The summed E-state index contributed by atoms with van der Waals surface area (Å²) in [5.41, 5.74) is 0.414. The molecule has 6 heteroatoms. The van der Waals surface area contributed by atoms with E-state index in [4.69, 9.17) is 0 Å². The van der Waals surface area contributed by atoms with Gasteiger partial charge in [-0.05, 0) is 18.2 Å². The van der Waals surface area contributed by atoms with Crippen LogP contribution < -0.4 is 4.90 Å². The quantitative estimate of drug-likeness (QED) is 0.813. The minimum absolute atomic E-state index is 0.109. The highest BCUT2D eigenvalue weighted by molar-refractivity contribution is 5.92. The lowest BCUT2D eigenvalue weighted by molar-refractivity contribution is -0.126. The lowest BCUT2D eigenvalue weighted by Crippen LogP contribution is -2.48. The molecule has 3 rings (SSSR count). The summed E-state index contributed by atoms with van der Waals surface area (Å²) in [6.07, 6.45) is 6.35. The van der Waals surface area contributed by atoms with Crippen molar-refractivity contribution in [2.75, 3.05) is 31.1 Å². The zero-order valence-electron chi connectivity index (χ0n) is 12.6. The molecule has 1 aliphatic heterocycles. The molecular weight excluding hydrogens is 295 g/mol. The van der Waals surface area contributed by atoms with E-state index in [1.165, 1.54) is 18.2 Å². The van der Waals surface area contributed by atoms with Gasteiger partial charge in [-0.1, -0.05) is 18.2 Å². The van der Waals surface area contributed by atoms with Crippen LogP contribution in [0.2, 0.25) is 0 Å². The first-order valence-electron chi connectivity index (χ1n) is 7.47. The largest absolute Gasteiger partial charge is 0.337 e. The minimum Gasteiger partial charge on any atom is -0.337 e. The lowest BCUT2D eigenvalue weighted by atomic mass is 10.2. The maximum absolute atomic E-state index is 13.5. The van der Waals surface area contributed by atoms with E-state index >= 15 is 0 Å². The molecule has 1 saturated heterocycles. The summed E-state index contributed by atoms with van der Waals surface area (Å²) in [6, 6.07) is 8.16. The molecule has 0 N–H and O–H groups in total. The molecule has 1 aromatic heterocycles. The van der Waals surface area contributed by atoms with Gasteiger partial charge < -0.3 is 9.80 Å². The summed E-state index contributed by atoms with van der Waals surface area (Å²) >= 11 is 0. The highest BCUT2D eigenvalue weighted by Crippen LogP contribution is 2.11. The van der Waals surface area contributed by atoms with E-state index < -0.39 is 0 Å². The van der Waals surface area contributed by atoms with Crippen LogP contribution in [0.1, 0.15) is 5.56 Å². The maximum atomic E-state index is 13.5. The van der Waals surface area contributed by atoms with Crippen molar-refractivity contribution in [3.05, 3.63) is 60.2 Å². The van der Waals surface area contributed by atoms with E-state index in [1.54, 1.807) is 41.6 Å². The normalized spacial score (nSPS) is 15.2. The molecule has 1 aromatic carbocycles. The Morgan fingerprint density at radius 3 is 2.43 bits per heavy atom. The zero-order chi connectivity index (χ0) is 16.1. The number of nitrogens with zero attached hydrogens (tertiary/aromatic N) is 4. The molecule has 1 amide bonds. The van der Waals surface area contributed by atoms with Gasteiger partial charge in [-0.15, -0.1) is 0 Å². The number of halogens is 1. The number of benzene rings is 1. The summed E-state index contributed by atoms with van der Waals surface area (Å²) in [5.74, 6) is 0.242. The van der Waals surface area contributed by atoms with Crippen LogP contribution in [0.5, 0.6) is 0 Å². The molecule has 0 atom stereocenters. The smallest absolute Gasteiger partial charge is 0.246 e.